The average molecular weight is 375 g/mol. The maximum atomic E-state index is 12.5. The van der Waals surface area contributed by atoms with Crippen LogP contribution in [0.1, 0.15) is 31.9 Å². The summed E-state index contributed by atoms with van der Waals surface area (Å²) < 4.78 is 10.7. The number of unbranched alkanes of at least 4 members (excludes halogenated alkanes) is 1. The number of hydrogen-bond acceptors (Lipinski definition) is 5. The predicted octanol–water partition coefficient (Wildman–Crippen LogP) is 3.84. The van der Waals surface area contributed by atoms with Gasteiger partial charge in [-0.25, -0.2) is 0 Å². The number of amides is 1. The van der Waals surface area contributed by atoms with Gasteiger partial charge in [0, 0.05) is 0 Å². The summed E-state index contributed by atoms with van der Waals surface area (Å²) in [6.07, 6.45) is 4.13. The number of ketones is 1. The van der Waals surface area contributed by atoms with Gasteiger partial charge >= 0.3 is 0 Å². The zero-order valence-corrected chi connectivity index (χ0v) is 15.8. The first-order valence-corrected chi connectivity index (χ1v) is 9.94. The van der Waals surface area contributed by atoms with Crippen molar-refractivity contribution in [3.8, 4) is 5.75 Å². The lowest BCUT2D eigenvalue weighted by molar-refractivity contribution is -0.128. The molecule has 1 aromatic carbocycles. The van der Waals surface area contributed by atoms with E-state index in [4.69, 9.17) is 9.15 Å². The molecule has 0 aliphatic carbocycles. The maximum Gasteiger partial charge on any atom is 0.258 e. The van der Waals surface area contributed by atoms with E-state index in [2.05, 4.69) is 12.2 Å². The van der Waals surface area contributed by atoms with Gasteiger partial charge in [-0.3, -0.25) is 9.59 Å². The van der Waals surface area contributed by atoms with E-state index in [0.29, 0.717) is 23.7 Å². The molecule has 1 aromatic heterocycles. The summed E-state index contributed by atoms with van der Waals surface area (Å²) in [4.78, 5) is 24.6. The molecule has 5 nitrogen and oxygen atoms in total. The number of carbonyl (C=O) groups is 2. The minimum Gasteiger partial charge on any atom is -0.484 e. The van der Waals surface area contributed by atoms with E-state index in [-0.39, 0.29) is 18.3 Å². The number of para-hydroxylation sites is 1. The van der Waals surface area contributed by atoms with Crippen LogP contribution >= 0.6 is 11.8 Å². The quantitative estimate of drug-likeness (QED) is 0.610. The second-order valence-electron chi connectivity index (χ2n) is 5.90. The first-order chi connectivity index (χ1) is 12.7. The van der Waals surface area contributed by atoms with Crippen molar-refractivity contribution in [2.45, 2.75) is 38.0 Å². The number of thioether (sulfide) groups is 1. The number of hydrogen-bond donors (Lipinski definition) is 1. The Morgan fingerprint density at radius 1 is 1.19 bits per heavy atom. The van der Waals surface area contributed by atoms with E-state index >= 15 is 0 Å². The smallest absolute Gasteiger partial charge is 0.258 e. The second kappa shape index (κ2) is 11.4. The number of furan rings is 1. The highest BCUT2D eigenvalue weighted by molar-refractivity contribution is 7.99. The Balaban J connectivity index is 1.78. The van der Waals surface area contributed by atoms with Gasteiger partial charge in [-0.2, -0.15) is 0 Å². The normalized spacial score (nSPS) is 11.7. The lowest BCUT2D eigenvalue weighted by Gasteiger charge is -2.17. The van der Waals surface area contributed by atoms with Crippen LogP contribution in [0.2, 0.25) is 0 Å². The number of carbonyl (C=O) groups excluding carboxylic acids is 2. The highest BCUT2D eigenvalue weighted by atomic mass is 32.2. The summed E-state index contributed by atoms with van der Waals surface area (Å²) in [5.74, 6) is 2.21. The molecule has 0 aliphatic rings. The Labute approximate surface area is 158 Å². The van der Waals surface area contributed by atoms with E-state index < -0.39 is 6.04 Å². The molecule has 1 N–H and O–H groups in total. The molecule has 1 heterocycles. The standard InChI is InChI=1S/C20H25NO4S/c1-2-3-11-18(19(22)15-26-14-17-10-7-12-24-17)21-20(23)13-25-16-8-5-4-6-9-16/h4-10,12,18H,2-3,11,13-15H2,1H3,(H,21,23). The molecule has 1 unspecified atom stereocenters. The molecule has 0 saturated carbocycles. The molecular weight excluding hydrogens is 350 g/mol. The number of Topliss-reactive ketones (excluding diaryl/α,β-unsaturated/α-hetero) is 1. The van der Waals surface area contributed by atoms with Crippen molar-refractivity contribution in [2.24, 2.45) is 0 Å². The molecule has 2 rings (SSSR count). The molecule has 6 heteroatoms. The van der Waals surface area contributed by atoms with Crippen LogP contribution in [0, 0.1) is 0 Å². The molecule has 0 fully saturated rings. The average Bonchev–Trinajstić information content (AvgIpc) is 3.17. The molecule has 0 aliphatic heterocycles. The summed E-state index contributed by atoms with van der Waals surface area (Å²) in [7, 11) is 0. The van der Waals surface area contributed by atoms with Crippen LogP contribution in [0.4, 0.5) is 0 Å². The molecule has 0 bridgehead atoms. The second-order valence-corrected chi connectivity index (χ2v) is 6.89. The first-order valence-electron chi connectivity index (χ1n) is 8.79. The van der Waals surface area contributed by atoms with Crippen LogP contribution in [0.5, 0.6) is 5.75 Å². The highest BCUT2D eigenvalue weighted by Gasteiger charge is 2.20. The van der Waals surface area contributed by atoms with Gasteiger partial charge in [0.25, 0.3) is 5.91 Å². The Kier molecular flexibility index (Phi) is 8.83. The number of rotatable bonds is 12. The molecule has 26 heavy (non-hydrogen) atoms. The molecule has 0 saturated heterocycles. The fraction of sp³-hybridized carbons (Fsp3) is 0.400. The lowest BCUT2D eigenvalue weighted by atomic mass is 10.1. The third-order valence-corrected chi connectivity index (χ3v) is 4.73. The maximum absolute atomic E-state index is 12.5. The number of ether oxygens (including phenoxy) is 1. The van der Waals surface area contributed by atoms with Crippen LogP contribution in [-0.4, -0.2) is 30.1 Å². The summed E-state index contributed by atoms with van der Waals surface area (Å²) in [5, 5.41) is 2.82. The number of nitrogens with one attached hydrogen (secondary N) is 1. The van der Waals surface area contributed by atoms with E-state index in [1.54, 1.807) is 18.4 Å². The third-order valence-electron chi connectivity index (χ3n) is 3.75. The van der Waals surface area contributed by atoms with Gasteiger partial charge in [0.15, 0.2) is 12.4 Å². The van der Waals surface area contributed by atoms with Gasteiger partial charge in [-0.1, -0.05) is 38.0 Å². The van der Waals surface area contributed by atoms with Gasteiger partial charge in [0.2, 0.25) is 0 Å². The zero-order valence-electron chi connectivity index (χ0n) is 15.0. The van der Waals surface area contributed by atoms with E-state index in [0.717, 1.165) is 18.6 Å². The Morgan fingerprint density at radius 3 is 2.69 bits per heavy atom. The monoisotopic (exact) mass is 375 g/mol. The van der Waals surface area contributed by atoms with Crippen LogP contribution in [0.25, 0.3) is 0 Å². The first kappa shape index (κ1) is 20.1. The molecule has 1 atom stereocenters. The van der Waals surface area contributed by atoms with Gasteiger partial charge in [-0.15, -0.1) is 11.8 Å². The van der Waals surface area contributed by atoms with E-state index in [1.165, 1.54) is 11.8 Å². The van der Waals surface area contributed by atoms with Crippen molar-refractivity contribution in [1.29, 1.82) is 0 Å². The van der Waals surface area contributed by atoms with Gasteiger partial charge < -0.3 is 14.5 Å². The molecule has 1 amide bonds. The third kappa shape index (κ3) is 7.35. The van der Waals surface area contributed by atoms with Crippen molar-refractivity contribution in [2.75, 3.05) is 12.4 Å². The predicted molar refractivity (Wildman–Crippen MR) is 103 cm³/mol. The topological polar surface area (TPSA) is 68.5 Å². The van der Waals surface area contributed by atoms with Crippen LogP contribution < -0.4 is 10.1 Å². The SMILES string of the molecule is CCCCC(NC(=O)COc1ccccc1)C(=O)CSCc1ccco1. The van der Waals surface area contributed by atoms with Gasteiger partial charge in [0.1, 0.15) is 11.5 Å². The molecule has 2 aromatic rings. The van der Waals surface area contributed by atoms with Gasteiger partial charge in [0.05, 0.1) is 23.8 Å². The minimum atomic E-state index is -0.467. The largest absolute Gasteiger partial charge is 0.484 e. The van der Waals surface area contributed by atoms with Crippen molar-refractivity contribution >= 4 is 23.5 Å². The molecule has 0 radical (unpaired) electrons. The Morgan fingerprint density at radius 2 is 2.00 bits per heavy atom. The van der Waals surface area contributed by atoms with Gasteiger partial charge in [-0.05, 0) is 30.7 Å². The van der Waals surface area contributed by atoms with E-state index in [9.17, 15) is 9.59 Å². The van der Waals surface area contributed by atoms with Crippen molar-refractivity contribution in [3.63, 3.8) is 0 Å². The van der Waals surface area contributed by atoms with Crippen LogP contribution in [0.3, 0.4) is 0 Å². The van der Waals surface area contributed by atoms with E-state index in [1.807, 2.05) is 30.3 Å². The fourth-order valence-electron chi connectivity index (χ4n) is 2.37. The van der Waals surface area contributed by atoms with Crippen molar-refractivity contribution in [3.05, 3.63) is 54.5 Å². The summed E-state index contributed by atoms with van der Waals surface area (Å²) in [5.41, 5.74) is 0. The van der Waals surface area contributed by atoms with Crippen LogP contribution in [0.15, 0.2) is 53.1 Å². The highest BCUT2D eigenvalue weighted by Crippen LogP contribution is 2.14. The van der Waals surface area contributed by atoms with Crippen molar-refractivity contribution in [1.82, 2.24) is 5.32 Å². The fourth-order valence-corrected chi connectivity index (χ4v) is 3.24. The van der Waals surface area contributed by atoms with Crippen molar-refractivity contribution < 1.29 is 18.7 Å². The molecule has 0 spiro atoms. The lowest BCUT2D eigenvalue weighted by Crippen LogP contribution is -2.43. The minimum absolute atomic E-state index is 0.0306. The molecular formula is C20H25NO4S. The summed E-state index contributed by atoms with van der Waals surface area (Å²) in [6.45, 7) is 1.97. The Bertz CT molecular complexity index is 658. The number of benzene rings is 1. The molecule has 140 valence electrons. The van der Waals surface area contributed by atoms with Crippen LogP contribution in [-0.2, 0) is 15.3 Å². The zero-order chi connectivity index (χ0) is 18.6. The Hall–Kier alpha value is -2.21. The summed E-state index contributed by atoms with van der Waals surface area (Å²) >= 11 is 1.49. The summed E-state index contributed by atoms with van der Waals surface area (Å²) in [6, 6.07) is 12.4.